The number of hydrogen-bond donors (Lipinski definition) is 3. The summed E-state index contributed by atoms with van der Waals surface area (Å²) < 4.78 is 0. The highest BCUT2D eigenvalue weighted by atomic mass is 32.1. The van der Waals surface area contributed by atoms with Crippen molar-refractivity contribution in [3.8, 4) is 0 Å². The lowest BCUT2D eigenvalue weighted by Crippen LogP contribution is -2.61. The lowest BCUT2D eigenvalue weighted by atomic mass is 9.76. The van der Waals surface area contributed by atoms with Gasteiger partial charge in [0.05, 0.1) is 24.1 Å². The summed E-state index contributed by atoms with van der Waals surface area (Å²) in [7, 11) is 3.97. The molecule has 7 nitrogen and oxygen atoms in total. The predicted molar refractivity (Wildman–Crippen MR) is 117 cm³/mol. The molecule has 0 spiro atoms. The van der Waals surface area contributed by atoms with E-state index >= 15 is 0 Å². The van der Waals surface area contributed by atoms with Crippen molar-refractivity contribution in [3.63, 3.8) is 0 Å². The fourth-order valence-electron chi connectivity index (χ4n) is 4.89. The Balaban J connectivity index is 1.66. The zero-order chi connectivity index (χ0) is 20.7. The molecule has 1 aromatic rings. The van der Waals surface area contributed by atoms with E-state index in [-0.39, 0.29) is 18.4 Å². The van der Waals surface area contributed by atoms with Gasteiger partial charge in [0, 0.05) is 38.6 Å². The van der Waals surface area contributed by atoms with Gasteiger partial charge in [-0.1, -0.05) is 0 Å². The minimum Gasteiger partial charge on any atom is -0.390 e. The number of anilines is 2. The third kappa shape index (κ3) is 3.69. The van der Waals surface area contributed by atoms with E-state index in [0.717, 1.165) is 43.7 Å². The molecule has 3 aliphatic rings. The first-order chi connectivity index (χ1) is 13.9. The van der Waals surface area contributed by atoms with E-state index in [9.17, 15) is 15.0 Å². The molecule has 158 valence electrons. The molecular formula is C21H30N4O3S. The molecule has 8 heteroatoms. The molecule has 3 fully saturated rings. The summed E-state index contributed by atoms with van der Waals surface area (Å²) in [6.07, 6.45) is 1.52. The maximum Gasteiger partial charge on any atom is 0.227 e. The van der Waals surface area contributed by atoms with Gasteiger partial charge in [-0.25, -0.2) is 0 Å². The Labute approximate surface area is 177 Å². The summed E-state index contributed by atoms with van der Waals surface area (Å²) in [6.45, 7) is 1.53. The number of aliphatic hydroxyl groups excluding tert-OH is 2. The molecule has 0 aromatic heterocycles. The second-order valence-corrected chi connectivity index (χ2v) is 8.92. The van der Waals surface area contributed by atoms with Crippen LogP contribution in [0.1, 0.15) is 25.7 Å². The Morgan fingerprint density at radius 1 is 1.14 bits per heavy atom. The Kier molecular flexibility index (Phi) is 5.68. The lowest BCUT2D eigenvalue weighted by molar-refractivity contribution is -0.142. The maximum absolute atomic E-state index is 13.4. The minimum absolute atomic E-state index is 0.0621. The summed E-state index contributed by atoms with van der Waals surface area (Å²) in [4.78, 5) is 19.3. The zero-order valence-corrected chi connectivity index (χ0v) is 17.8. The maximum atomic E-state index is 13.4. The number of nitrogens with one attached hydrogen (secondary N) is 1. The minimum atomic E-state index is -0.964. The number of rotatable bonds is 3. The van der Waals surface area contributed by atoms with Crippen LogP contribution in [0.4, 0.5) is 11.4 Å². The van der Waals surface area contributed by atoms with E-state index in [1.807, 2.05) is 53.1 Å². The van der Waals surface area contributed by atoms with Crippen molar-refractivity contribution in [2.75, 3.05) is 37.0 Å². The van der Waals surface area contributed by atoms with Gasteiger partial charge in [-0.3, -0.25) is 4.79 Å². The van der Waals surface area contributed by atoms with Crippen LogP contribution in [0.2, 0.25) is 0 Å². The first-order valence-electron chi connectivity index (χ1n) is 10.4. The van der Waals surface area contributed by atoms with E-state index in [1.54, 1.807) is 0 Å². The molecule has 3 N–H and O–H groups in total. The molecule has 2 saturated heterocycles. The standard InChI is InChI=1S/C21H30N4O3S/c1-23(2)13-6-8-14(9-7-13)25-18-15(20(28)24-10-4-3-5-11-24)12-16(26)19(27)17(18)22-21(25)29/h6-9,15-19,26-27H,3-5,10-12H2,1-2H3,(H,22,29)/t15-,16-,17-,18+,19+/m1/s1. The van der Waals surface area contributed by atoms with Gasteiger partial charge >= 0.3 is 0 Å². The number of nitrogens with zero attached hydrogens (tertiary/aromatic N) is 3. The molecule has 0 unspecified atom stereocenters. The van der Waals surface area contributed by atoms with Crippen LogP contribution in [0.15, 0.2) is 24.3 Å². The van der Waals surface area contributed by atoms with Gasteiger partial charge in [0.15, 0.2) is 5.11 Å². The number of hydrogen-bond acceptors (Lipinski definition) is 5. The Morgan fingerprint density at radius 3 is 2.41 bits per heavy atom. The van der Waals surface area contributed by atoms with Crippen LogP contribution < -0.4 is 15.1 Å². The average Bonchev–Trinajstić information content (AvgIpc) is 3.08. The number of fused-ring (bicyclic) bond motifs is 1. The molecule has 0 radical (unpaired) electrons. The predicted octanol–water partition coefficient (Wildman–Crippen LogP) is 0.938. The van der Waals surface area contributed by atoms with Crippen LogP contribution in [0.3, 0.4) is 0 Å². The summed E-state index contributed by atoms with van der Waals surface area (Å²) in [5, 5.41) is 24.7. The Bertz CT molecular complexity index is 766. The van der Waals surface area contributed by atoms with Crippen LogP contribution in [0.5, 0.6) is 0 Å². The molecule has 29 heavy (non-hydrogen) atoms. The highest BCUT2D eigenvalue weighted by Crippen LogP contribution is 2.38. The van der Waals surface area contributed by atoms with Gasteiger partial charge in [0.1, 0.15) is 6.10 Å². The summed E-state index contributed by atoms with van der Waals surface area (Å²) in [5.41, 5.74) is 1.96. The van der Waals surface area contributed by atoms with Crippen LogP contribution in [-0.4, -0.2) is 77.6 Å². The van der Waals surface area contributed by atoms with Crippen molar-refractivity contribution in [1.29, 1.82) is 0 Å². The summed E-state index contributed by atoms with van der Waals surface area (Å²) in [6, 6.07) is 7.22. The third-order valence-corrected chi connectivity index (χ3v) is 6.79. The second kappa shape index (κ2) is 8.08. The Hall–Kier alpha value is -1.90. The topological polar surface area (TPSA) is 79.3 Å². The fraction of sp³-hybridized carbons (Fsp3) is 0.619. The monoisotopic (exact) mass is 418 g/mol. The largest absolute Gasteiger partial charge is 0.390 e. The zero-order valence-electron chi connectivity index (χ0n) is 17.0. The third-order valence-electron chi connectivity index (χ3n) is 6.47. The van der Waals surface area contributed by atoms with Crippen molar-refractivity contribution in [3.05, 3.63) is 24.3 Å². The lowest BCUT2D eigenvalue weighted by Gasteiger charge is -2.43. The average molecular weight is 419 g/mol. The molecule has 0 bridgehead atoms. The van der Waals surface area contributed by atoms with Crippen molar-refractivity contribution in [1.82, 2.24) is 10.2 Å². The van der Waals surface area contributed by atoms with E-state index in [2.05, 4.69) is 5.32 Å². The van der Waals surface area contributed by atoms with Crippen LogP contribution in [-0.2, 0) is 4.79 Å². The van der Waals surface area contributed by atoms with Gasteiger partial charge < -0.3 is 30.2 Å². The number of piperidine rings is 1. The smallest absolute Gasteiger partial charge is 0.227 e. The summed E-state index contributed by atoms with van der Waals surface area (Å²) >= 11 is 5.60. The van der Waals surface area contributed by atoms with Crippen molar-refractivity contribution < 1.29 is 15.0 Å². The fourth-order valence-corrected chi connectivity index (χ4v) is 5.25. The molecule has 1 aromatic carbocycles. The van der Waals surface area contributed by atoms with E-state index < -0.39 is 24.2 Å². The van der Waals surface area contributed by atoms with Crippen LogP contribution in [0, 0.1) is 5.92 Å². The molecule has 2 aliphatic heterocycles. The first kappa shape index (κ1) is 20.4. The van der Waals surface area contributed by atoms with Crippen molar-refractivity contribution in [2.45, 2.75) is 50.0 Å². The second-order valence-electron chi connectivity index (χ2n) is 8.53. The molecule has 4 rings (SSSR count). The molecule has 5 atom stereocenters. The molecule has 2 heterocycles. The molecule has 1 saturated carbocycles. The number of aliphatic hydroxyl groups is 2. The number of likely N-dealkylation sites (tertiary alicyclic amines) is 1. The van der Waals surface area contributed by atoms with Gasteiger partial charge in [-0.15, -0.1) is 0 Å². The highest BCUT2D eigenvalue weighted by Gasteiger charge is 2.54. The first-order valence-corrected chi connectivity index (χ1v) is 10.8. The van der Waals surface area contributed by atoms with Crippen LogP contribution in [0.25, 0.3) is 0 Å². The molecule has 1 aliphatic carbocycles. The highest BCUT2D eigenvalue weighted by molar-refractivity contribution is 7.80. The number of thiocarbonyl (C=S) groups is 1. The number of carbonyl (C=O) groups is 1. The number of benzene rings is 1. The molecular weight excluding hydrogens is 388 g/mol. The van der Waals surface area contributed by atoms with Gasteiger partial charge in [-0.2, -0.15) is 0 Å². The number of carbonyl (C=O) groups excluding carboxylic acids is 1. The summed E-state index contributed by atoms with van der Waals surface area (Å²) in [5.74, 6) is -0.356. The quantitative estimate of drug-likeness (QED) is 0.631. The van der Waals surface area contributed by atoms with Crippen LogP contribution >= 0.6 is 12.2 Å². The van der Waals surface area contributed by atoms with E-state index in [1.165, 1.54) is 0 Å². The van der Waals surface area contributed by atoms with Crippen molar-refractivity contribution >= 4 is 34.6 Å². The molecule has 1 amide bonds. The SMILES string of the molecule is CN(C)c1ccc(N2C(=S)N[C@H]3[C@@H](O)[C@H](O)C[C@@H](C(=O)N4CCCCC4)[C@@H]32)cc1. The van der Waals surface area contributed by atoms with Crippen molar-refractivity contribution in [2.24, 2.45) is 5.92 Å². The van der Waals surface area contributed by atoms with Gasteiger partial charge in [0.25, 0.3) is 0 Å². The van der Waals surface area contributed by atoms with E-state index in [0.29, 0.717) is 5.11 Å². The van der Waals surface area contributed by atoms with Gasteiger partial charge in [-0.05, 0) is 62.2 Å². The Morgan fingerprint density at radius 2 is 1.79 bits per heavy atom. The number of amides is 1. The van der Waals surface area contributed by atoms with Gasteiger partial charge in [0.2, 0.25) is 5.91 Å². The normalized spacial score (nSPS) is 32.0. The van der Waals surface area contributed by atoms with E-state index in [4.69, 9.17) is 12.2 Å².